The molecule has 6 rings (SSSR count). The summed E-state index contributed by atoms with van der Waals surface area (Å²) in [6, 6.07) is 34.9. The first kappa shape index (κ1) is 37.7. The molecular formula is C51H58. The van der Waals surface area contributed by atoms with Crippen molar-refractivity contribution in [1.82, 2.24) is 0 Å². The van der Waals surface area contributed by atoms with E-state index in [0.717, 1.165) is 40.5 Å². The second-order valence-corrected chi connectivity index (χ2v) is 14.5. The van der Waals surface area contributed by atoms with E-state index in [0.29, 0.717) is 0 Å². The Morgan fingerprint density at radius 2 is 0.824 bits per heavy atom. The van der Waals surface area contributed by atoms with Crippen LogP contribution in [0, 0.1) is 35.5 Å². The summed E-state index contributed by atoms with van der Waals surface area (Å²) in [6.07, 6.45) is 21.1. The summed E-state index contributed by atoms with van der Waals surface area (Å²) in [5, 5.41) is 0. The Balaban J connectivity index is 0.000000198. The minimum Gasteiger partial charge on any atom is -0.0804 e. The number of hydrogen-bond donors (Lipinski definition) is 0. The Hall–Kier alpha value is -4.52. The summed E-state index contributed by atoms with van der Waals surface area (Å²) in [4.78, 5) is 0. The van der Waals surface area contributed by atoms with E-state index >= 15 is 0 Å². The van der Waals surface area contributed by atoms with Gasteiger partial charge < -0.3 is 0 Å². The highest BCUT2D eigenvalue weighted by Crippen LogP contribution is 2.32. The molecule has 0 saturated heterocycles. The fraction of sp³-hybridized carbons (Fsp3) is 0.373. The number of rotatable bonds is 9. The zero-order chi connectivity index (χ0) is 35.7. The summed E-state index contributed by atoms with van der Waals surface area (Å²) in [7, 11) is 0. The van der Waals surface area contributed by atoms with E-state index in [2.05, 4.69) is 161 Å². The van der Waals surface area contributed by atoms with Gasteiger partial charge in [0.25, 0.3) is 0 Å². The lowest BCUT2D eigenvalue weighted by atomic mass is 9.85. The molecule has 2 aliphatic carbocycles. The van der Waals surface area contributed by atoms with Crippen molar-refractivity contribution in [3.8, 4) is 23.7 Å². The lowest BCUT2D eigenvalue weighted by Crippen LogP contribution is -2.03. The van der Waals surface area contributed by atoms with Crippen LogP contribution in [0.15, 0.2) is 109 Å². The maximum Gasteiger partial charge on any atom is 0.0249 e. The fourth-order valence-electron chi connectivity index (χ4n) is 7.05. The maximum atomic E-state index is 3.30. The van der Waals surface area contributed by atoms with Crippen LogP contribution in [0.3, 0.4) is 0 Å². The second-order valence-electron chi connectivity index (χ2n) is 14.5. The van der Waals surface area contributed by atoms with E-state index in [4.69, 9.17) is 0 Å². The standard InChI is InChI=1S/C26H30.C25H28/c1-3-5-6-22-7-9-23(10-8-22)11-12-24-15-19-26(20-16-24)25-17-13-21(4-2)14-18-25;1-3-5-21-6-8-22(9-7-21)10-11-23-14-18-25(19-15-23)24-16-12-20(4-2)13-17-24/h7-10,15-17,19-21H,3-6,13-14,18H2,1-2H3;6-9,14-16,18-20H,3-5,12-13,17H2,1-2H3. The molecular weight excluding hydrogens is 613 g/mol. The van der Waals surface area contributed by atoms with Gasteiger partial charge in [-0.05, 0) is 152 Å². The van der Waals surface area contributed by atoms with Gasteiger partial charge in [0.15, 0.2) is 0 Å². The predicted octanol–water partition coefficient (Wildman–Crippen LogP) is 13.7. The van der Waals surface area contributed by atoms with Crippen LogP contribution in [0.5, 0.6) is 0 Å². The normalized spacial score (nSPS) is 16.6. The van der Waals surface area contributed by atoms with Crippen molar-refractivity contribution in [2.24, 2.45) is 11.8 Å². The number of aryl methyl sites for hydroxylation is 2. The van der Waals surface area contributed by atoms with Gasteiger partial charge in [-0.15, -0.1) is 0 Å². The zero-order valence-corrected chi connectivity index (χ0v) is 31.7. The van der Waals surface area contributed by atoms with Gasteiger partial charge in [-0.1, -0.05) is 138 Å². The van der Waals surface area contributed by atoms with Crippen LogP contribution in [0.25, 0.3) is 11.1 Å². The van der Waals surface area contributed by atoms with E-state index in [1.54, 1.807) is 0 Å². The molecule has 0 radical (unpaired) electrons. The van der Waals surface area contributed by atoms with Gasteiger partial charge >= 0.3 is 0 Å². The Morgan fingerprint density at radius 1 is 0.451 bits per heavy atom. The largest absolute Gasteiger partial charge is 0.0804 e. The molecule has 0 nitrogen and oxygen atoms in total. The predicted molar refractivity (Wildman–Crippen MR) is 222 cm³/mol. The van der Waals surface area contributed by atoms with Crippen LogP contribution in [0.1, 0.15) is 143 Å². The fourth-order valence-corrected chi connectivity index (χ4v) is 7.05. The van der Waals surface area contributed by atoms with Gasteiger partial charge in [-0.25, -0.2) is 0 Å². The van der Waals surface area contributed by atoms with Crippen molar-refractivity contribution in [3.63, 3.8) is 0 Å². The van der Waals surface area contributed by atoms with Crippen molar-refractivity contribution in [2.75, 3.05) is 0 Å². The molecule has 0 amide bonds. The molecule has 2 atom stereocenters. The third-order valence-corrected chi connectivity index (χ3v) is 10.7. The third kappa shape index (κ3) is 12.0. The molecule has 2 unspecified atom stereocenters. The lowest BCUT2D eigenvalue weighted by molar-refractivity contribution is 0.471. The van der Waals surface area contributed by atoms with Gasteiger partial charge in [-0.3, -0.25) is 0 Å². The Morgan fingerprint density at radius 3 is 1.14 bits per heavy atom. The first-order chi connectivity index (χ1) is 25.1. The Kier molecular flexibility index (Phi) is 15.1. The molecule has 0 bridgehead atoms. The number of benzene rings is 4. The molecule has 4 aromatic carbocycles. The average Bonchev–Trinajstić information content (AvgIpc) is 3.20. The van der Waals surface area contributed by atoms with Crippen molar-refractivity contribution >= 4 is 11.1 Å². The molecule has 0 heterocycles. The molecule has 0 aliphatic heterocycles. The zero-order valence-electron chi connectivity index (χ0n) is 31.7. The summed E-state index contributed by atoms with van der Waals surface area (Å²) >= 11 is 0. The Labute approximate surface area is 310 Å². The van der Waals surface area contributed by atoms with Crippen molar-refractivity contribution in [1.29, 1.82) is 0 Å². The first-order valence-corrected chi connectivity index (χ1v) is 19.9. The number of unbranched alkanes of at least 4 members (excludes halogenated alkanes) is 1. The van der Waals surface area contributed by atoms with Crippen molar-refractivity contribution in [2.45, 2.75) is 111 Å². The van der Waals surface area contributed by atoms with E-state index in [1.165, 1.54) is 110 Å². The molecule has 0 spiro atoms. The minimum absolute atomic E-state index is 0.886. The van der Waals surface area contributed by atoms with Gasteiger partial charge in [0.1, 0.15) is 0 Å². The smallest absolute Gasteiger partial charge is 0.0249 e. The molecule has 0 saturated carbocycles. The summed E-state index contributed by atoms with van der Waals surface area (Å²) < 4.78 is 0. The first-order valence-electron chi connectivity index (χ1n) is 19.9. The summed E-state index contributed by atoms with van der Waals surface area (Å²) in [5.74, 6) is 14.9. The monoisotopic (exact) mass is 670 g/mol. The van der Waals surface area contributed by atoms with Crippen LogP contribution >= 0.6 is 0 Å². The molecule has 2 aliphatic rings. The van der Waals surface area contributed by atoms with Gasteiger partial charge in [0, 0.05) is 22.3 Å². The molecule has 262 valence electrons. The van der Waals surface area contributed by atoms with Gasteiger partial charge in [0.05, 0.1) is 0 Å². The van der Waals surface area contributed by atoms with Crippen LogP contribution < -0.4 is 0 Å². The summed E-state index contributed by atoms with van der Waals surface area (Å²) in [5.41, 5.74) is 12.9. The number of hydrogen-bond acceptors (Lipinski definition) is 0. The molecule has 51 heavy (non-hydrogen) atoms. The van der Waals surface area contributed by atoms with E-state index in [9.17, 15) is 0 Å². The number of allylic oxidation sites excluding steroid dienone is 4. The molecule has 0 heteroatoms. The average molecular weight is 671 g/mol. The highest BCUT2D eigenvalue weighted by Gasteiger charge is 2.14. The lowest BCUT2D eigenvalue weighted by Gasteiger charge is -2.20. The molecule has 0 fully saturated rings. The van der Waals surface area contributed by atoms with Crippen LogP contribution in [0.2, 0.25) is 0 Å². The highest BCUT2D eigenvalue weighted by atomic mass is 14.2. The summed E-state index contributed by atoms with van der Waals surface area (Å²) in [6.45, 7) is 9.05. The van der Waals surface area contributed by atoms with Crippen molar-refractivity contribution in [3.05, 3.63) is 154 Å². The maximum absolute atomic E-state index is 3.30. The van der Waals surface area contributed by atoms with Gasteiger partial charge in [0.2, 0.25) is 0 Å². The second kappa shape index (κ2) is 20.4. The SMILES string of the molecule is CCCCc1ccc(C#Cc2ccc(C3=CCC(CC)CC3)cc2)cc1.CCCc1ccc(C#Cc2ccc(C3=CCC(CC)CC3)cc2)cc1. The quantitative estimate of drug-likeness (QED) is 0.156. The van der Waals surface area contributed by atoms with Crippen LogP contribution in [0.4, 0.5) is 0 Å². The topological polar surface area (TPSA) is 0 Å². The van der Waals surface area contributed by atoms with Crippen molar-refractivity contribution < 1.29 is 0 Å². The van der Waals surface area contributed by atoms with E-state index in [1.807, 2.05) is 0 Å². The highest BCUT2D eigenvalue weighted by molar-refractivity contribution is 5.68. The molecule has 0 aromatic heterocycles. The van der Waals surface area contributed by atoms with E-state index < -0.39 is 0 Å². The minimum atomic E-state index is 0.886. The molecule has 4 aromatic rings. The Bertz CT molecular complexity index is 1820. The van der Waals surface area contributed by atoms with Gasteiger partial charge in [-0.2, -0.15) is 0 Å². The van der Waals surface area contributed by atoms with Crippen LogP contribution in [-0.4, -0.2) is 0 Å². The molecule has 0 N–H and O–H groups in total. The third-order valence-electron chi connectivity index (χ3n) is 10.7. The van der Waals surface area contributed by atoms with E-state index in [-0.39, 0.29) is 0 Å². The van der Waals surface area contributed by atoms with Crippen LogP contribution in [-0.2, 0) is 12.8 Å².